The zero-order valence-corrected chi connectivity index (χ0v) is 11.9. The van der Waals surface area contributed by atoms with E-state index in [0.29, 0.717) is 0 Å². The lowest BCUT2D eigenvalue weighted by atomic mass is 10.2. The highest BCUT2D eigenvalue weighted by Gasteiger charge is 1.81. The van der Waals surface area contributed by atoms with Gasteiger partial charge in [-0.25, -0.2) is 0 Å². The minimum atomic E-state index is 1.17. The van der Waals surface area contributed by atoms with Gasteiger partial charge < -0.3 is 0 Å². The fourth-order valence-electron chi connectivity index (χ4n) is 1.30. The van der Waals surface area contributed by atoms with Crippen molar-refractivity contribution in [3.8, 4) is 0 Å². The van der Waals surface area contributed by atoms with Crippen molar-refractivity contribution in [2.75, 3.05) is 0 Å². The van der Waals surface area contributed by atoms with Crippen LogP contribution in [0.5, 0.6) is 0 Å². The van der Waals surface area contributed by atoms with E-state index in [2.05, 4.69) is 33.2 Å². The van der Waals surface area contributed by atoms with Gasteiger partial charge in [-0.05, 0) is 18.4 Å². The third-order valence-electron chi connectivity index (χ3n) is 2.30. The average Bonchev–Trinajstić information content (AvgIpc) is 2.47. The number of rotatable bonds is 6. The molecule has 0 unspecified atom stereocenters. The van der Waals surface area contributed by atoms with Gasteiger partial charge in [-0.3, -0.25) is 0 Å². The second kappa shape index (κ2) is 17.8. The summed E-state index contributed by atoms with van der Waals surface area (Å²) in [6, 6.07) is 10.0. The molecule has 1 aromatic rings. The largest absolute Gasteiger partial charge is 0.106 e. The van der Waals surface area contributed by atoms with Crippen molar-refractivity contribution < 1.29 is 0 Å². The van der Waals surface area contributed by atoms with Crippen molar-refractivity contribution in [3.05, 3.63) is 68.3 Å². The SMILES string of the molecule is C=C.C=CCCCCCC.C=Cc1ccccc1. The van der Waals surface area contributed by atoms with Gasteiger partial charge in [0.2, 0.25) is 0 Å². The molecule has 0 saturated heterocycles. The summed E-state index contributed by atoms with van der Waals surface area (Å²) in [6.45, 7) is 15.5. The summed E-state index contributed by atoms with van der Waals surface area (Å²) in [7, 11) is 0. The Morgan fingerprint density at radius 2 is 1.56 bits per heavy atom. The Morgan fingerprint density at radius 1 is 0.944 bits per heavy atom. The smallest absolute Gasteiger partial charge is 0.0263 e. The van der Waals surface area contributed by atoms with Crippen LogP contribution < -0.4 is 0 Å². The predicted octanol–water partition coefficient (Wildman–Crippen LogP) is 6.27. The molecule has 0 saturated carbocycles. The van der Waals surface area contributed by atoms with Crippen molar-refractivity contribution in [3.63, 3.8) is 0 Å². The summed E-state index contributed by atoms with van der Waals surface area (Å²) >= 11 is 0. The lowest BCUT2D eigenvalue weighted by molar-refractivity contribution is 0.675. The Balaban J connectivity index is 0. The molecule has 0 spiro atoms. The fraction of sp³-hybridized carbons (Fsp3) is 0.333. The van der Waals surface area contributed by atoms with Crippen LogP contribution in [-0.2, 0) is 0 Å². The van der Waals surface area contributed by atoms with Gasteiger partial charge in [-0.2, -0.15) is 0 Å². The number of unbranched alkanes of at least 4 members (excludes halogenated alkanes) is 4. The van der Waals surface area contributed by atoms with Gasteiger partial charge in [0, 0.05) is 0 Å². The minimum Gasteiger partial charge on any atom is -0.106 e. The van der Waals surface area contributed by atoms with Crippen molar-refractivity contribution in [1.82, 2.24) is 0 Å². The zero-order valence-electron chi connectivity index (χ0n) is 11.9. The normalized spacial score (nSPS) is 8.06. The number of hydrogen-bond donors (Lipinski definition) is 0. The van der Waals surface area contributed by atoms with Gasteiger partial charge in [0.15, 0.2) is 0 Å². The molecule has 0 N–H and O–H groups in total. The van der Waals surface area contributed by atoms with Gasteiger partial charge in [-0.1, -0.05) is 75.2 Å². The summed E-state index contributed by atoms with van der Waals surface area (Å²) in [5.74, 6) is 0. The van der Waals surface area contributed by atoms with Crippen molar-refractivity contribution >= 4 is 6.08 Å². The van der Waals surface area contributed by atoms with Crippen LogP contribution in [0.3, 0.4) is 0 Å². The molecule has 0 fully saturated rings. The van der Waals surface area contributed by atoms with Crippen LogP contribution >= 0.6 is 0 Å². The molecule has 1 rings (SSSR count). The molecule has 100 valence electrons. The van der Waals surface area contributed by atoms with Crippen molar-refractivity contribution in [1.29, 1.82) is 0 Å². The molecule has 0 nitrogen and oxygen atoms in total. The summed E-state index contributed by atoms with van der Waals surface area (Å²) in [5, 5.41) is 0. The van der Waals surface area contributed by atoms with Crippen molar-refractivity contribution in [2.24, 2.45) is 0 Å². The summed E-state index contributed by atoms with van der Waals surface area (Å²) in [4.78, 5) is 0. The number of benzene rings is 1. The van der Waals surface area contributed by atoms with E-state index >= 15 is 0 Å². The highest BCUT2D eigenvalue weighted by Crippen LogP contribution is 2.01. The standard InChI is InChI=1S/C8H8.C8H16.C2H4/c1-2-8-6-4-3-5-7-8;1-3-5-7-8-6-4-2;1-2/h2-7H,1H2;3H,1,4-8H2,2H3;1-2H2. The molecule has 0 radical (unpaired) electrons. The Kier molecular flexibility index (Phi) is 18.6. The first-order valence-electron chi connectivity index (χ1n) is 6.63. The molecule has 0 aliphatic rings. The molecule has 0 bridgehead atoms. The topological polar surface area (TPSA) is 0 Å². The van der Waals surface area contributed by atoms with E-state index in [9.17, 15) is 0 Å². The molecule has 0 aromatic heterocycles. The highest BCUT2D eigenvalue weighted by atomic mass is 13.9. The van der Waals surface area contributed by atoms with E-state index < -0.39 is 0 Å². The van der Waals surface area contributed by atoms with E-state index in [1.165, 1.54) is 37.7 Å². The lowest BCUT2D eigenvalue weighted by Crippen LogP contribution is -1.71. The molecule has 0 aliphatic carbocycles. The first-order chi connectivity index (χ1) is 8.85. The second-order valence-corrected chi connectivity index (χ2v) is 3.75. The third-order valence-corrected chi connectivity index (χ3v) is 2.30. The molecule has 0 aliphatic heterocycles. The number of hydrogen-bond acceptors (Lipinski definition) is 0. The maximum Gasteiger partial charge on any atom is -0.0263 e. The monoisotopic (exact) mass is 244 g/mol. The molecule has 18 heavy (non-hydrogen) atoms. The van der Waals surface area contributed by atoms with E-state index in [0.717, 1.165) is 0 Å². The van der Waals surface area contributed by atoms with E-state index in [1.807, 2.05) is 42.5 Å². The van der Waals surface area contributed by atoms with Gasteiger partial charge in [0.05, 0.1) is 0 Å². The first-order valence-corrected chi connectivity index (χ1v) is 6.63. The van der Waals surface area contributed by atoms with Crippen LogP contribution in [0, 0.1) is 0 Å². The summed E-state index contributed by atoms with van der Waals surface area (Å²) in [5.41, 5.74) is 1.17. The summed E-state index contributed by atoms with van der Waals surface area (Å²) in [6.07, 6.45) is 10.4. The van der Waals surface area contributed by atoms with Gasteiger partial charge in [0.25, 0.3) is 0 Å². The average molecular weight is 244 g/mol. The van der Waals surface area contributed by atoms with E-state index in [1.54, 1.807) is 0 Å². The van der Waals surface area contributed by atoms with E-state index in [-0.39, 0.29) is 0 Å². The third kappa shape index (κ3) is 14.4. The van der Waals surface area contributed by atoms with Crippen molar-refractivity contribution in [2.45, 2.75) is 39.0 Å². The number of allylic oxidation sites excluding steroid dienone is 1. The highest BCUT2D eigenvalue weighted by molar-refractivity contribution is 5.45. The van der Waals surface area contributed by atoms with E-state index in [4.69, 9.17) is 0 Å². The molecule has 0 amide bonds. The Bertz CT molecular complexity index is 271. The van der Waals surface area contributed by atoms with Gasteiger partial charge in [-0.15, -0.1) is 19.7 Å². The molecular formula is C18H28. The molecule has 0 heterocycles. The molecular weight excluding hydrogens is 216 g/mol. The van der Waals surface area contributed by atoms with Crippen LogP contribution in [0.15, 0.2) is 62.7 Å². The fourth-order valence-corrected chi connectivity index (χ4v) is 1.30. The Labute approximate surface area is 114 Å². The Morgan fingerprint density at radius 3 is 1.94 bits per heavy atom. The second-order valence-electron chi connectivity index (χ2n) is 3.75. The quantitative estimate of drug-likeness (QED) is 0.408. The minimum absolute atomic E-state index is 1.17. The van der Waals surface area contributed by atoms with Crippen LogP contribution in [0.1, 0.15) is 44.6 Å². The molecule has 0 heteroatoms. The van der Waals surface area contributed by atoms with Crippen LogP contribution in [0.2, 0.25) is 0 Å². The van der Waals surface area contributed by atoms with Crippen LogP contribution in [-0.4, -0.2) is 0 Å². The summed E-state index contributed by atoms with van der Waals surface area (Å²) < 4.78 is 0. The Hall–Kier alpha value is -1.56. The van der Waals surface area contributed by atoms with Crippen LogP contribution in [0.25, 0.3) is 6.08 Å². The molecule has 0 atom stereocenters. The van der Waals surface area contributed by atoms with Gasteiger partial charge in [0.1, 0.15) is 0 Å². The maximum absolute atomic E-state index is 3.66. The maximum atomic E-state index is 3.66. The van der Waals surface area contributed by atoms with Crippen LogP contribution in [0.4, 0.5) is 0 Å². The molecule has 1 aromatic carbocycles. The first kappa shape index (κ1) is 18.8. The lowest BCUT2D eigenvalue weighted by Gasteiger charge is -1.91. The predicted molar refractivity (Wildman–Crippen MR) is 86.7 cm³/mol. The van der Waals surface area contributed by atoms with Gasteiger partial charge >= 0.3 is 0 Å². The zero-order chi connectivity index (χ0) is 14.1.